The van der Waals surface area contributed by atoms with Crippen LogP contribution < -0.4 is 10.2 Å². The SMILES string of the molecule is O=C(NCC1CCOC1)c1nc2c(N3CCc4cc(F)ccc43)ncnc2s1. The standard InChI is InChI=1S/C19H18FN5O2S/c20-13-1-2-14-12(7-13)3-5-25(14)16-15-18(23-10-22-16)28-19(24-15)17(26)21-8-11-4-6-27-9-11/h1-2,7,10-11H,3-6,8-9H2,(H,21,26). The van der Waals surface area contributed by atoms with Crippen molar-refractivity contribution in [3.05, 3.63) is 40.9 Å². The zero-order valence-corrected chi connectivity index (χ0v) is 15.8. The van der Waals surface area contributed by atoms with E-state index in [2.05, 4.69) is 20.3 Å². The van der Waals surface area contributed by atoms with Crippen molar-refractivity contribution in [3.8, 4) is 0 Å². The van der Waals surface area contributed by atoms with Gasteiger partial charge in [-0.2, -0.15) is 0 Å². The van der Waals surface area contributed by atoms with Gasteiger partial charge in [0, 0.05) is 31.3 Å². The molecule has 1 N–H and O–H groups in total. The number of fused-ring (bicyclic) bond motifs is 2. The van der Waals surface area contributed by atoms with Gasteiger partial charge in [-0.25, -0.2) is 19.3 Å². The number of benzene rings is 1. The fraction of sp³-hybridized carbons (Fsp3) is 0.368. The molecule has 1 amide bonds. The molecule has 0 saturated carbocycles. The second kappa shape index (κ2) is 7.06. The largest absolute Gasteiger partial charge is 0.381 e. The lowest BCUT2D eigenvalue weighted by molar-refractivity contribution is 0.0945. The Morgan fingerprint density at radius 1 is 1.39 bits per heavy atom. The minimum absolute atomic E-state index is 0.204. The van der Waals surface area contributed by atoms with Crippen LogP contribution in [0.3, 0.4) is 0 Å². The quantitative estimate of drug-likeness (QED) is 0.727. The predicted molar refractivity (Wildman–Crippen MR) is 104 cm³/mol. The summed E-state index contributed by atoms with van der Waals surface area (Å²) in [6, 6.07) is 4.76. The lowest BCUT2D eigenvalue weighted by Crippen LogP contribution is -2.29. The molecule has 5 rings (SSSR count). The Bertz CT molecular complexity index is 1050. The van der Waals surface area contributed by atoms with Crippen molar-refractivity contribution in [1.29, 1.82) is 0 Å². The second-order valence-corrected chi connectivity index (χ2v) is 7.96. The Balaban J connectivity index is 1.43. The van der Waals surface area contributed by atoms with E-state index in [0.717, 1.165) is 30.7 Å². The molecule has 4 heterocycles. The highest BCUT2D eigenvalue weighted by atomic mass is 32.1. The molecule has 144 valence electrons. The van der Waals surface area contributed by atoms with Gasteiger partial charge < -0.3 is 15.0 Å². The zero-order chi connectivity index (χ0) is 19.1. The molecule has 2 aliphatic rings. The molecule has 0 bridgehead atoms. The predicted octanol–water partition coefficient (Wildman–Crippen LogP) is 2.69. The van der Waals surface area contributed by atoms with E-state index in [1.165, 1.54) is 23.7 Å². The van der Waals surface area contributed by atoms with E-state index in [-0.39, 0.29) is 11.7 Å². The number of hydrogen-bond acceptors (Lipinski definition) is 7. The number of ether oxygens (including phenoxy) is 1. The van der Waals surface area contributed by atoms with Gasteiger partial charge in [0.15, 0.2) is 10.8 Å². The van der Waals surface area contributed by atoms with Crippen molar-refractivity contribution < 1.29 is 13.9 Å². The smallest absolute Gasteiger partial charge is 0.280 e. The normalized spacial score (nSPS) is 18.6. The molecular formula is C19H18FN5O2S. The third-order valence-electron chi connectivity index (χ3n) is 5.14. The zero-order valence-electron chi connectivity index (χ0n) is 15.0. The van der Waals surface area contributed by atoms with Gasteiger partial charge >= 0.3 is 0 Å². The van der Waals surface area contributed by atoms with Gasteiger partial charge in [0.25, 0.3) is 5.91 Å². The summed E-state index contributed by atoms with van der Waals surface area (Å²) in [4.78, 5) is 28.4. The van der Waals surface area contributed by atoms with Crippen molar-refractivity contribution in [1.82, 2.24) is 20.3 Å². The van der Waals surface area contributed by atoms with Crippen LogP contribution in [0, 0.1) is 11.7 Å². The molecule has 1 fully saturated rings. The Morgan fingerprint density at radius 2 is 2.32 bits per heavy atom. The van der Waals surface area contributed by atoms with Gasteiger partial charge in [0.1, 0.15) is 22.5 Å². The fourth-order valence-corrected chi connectivity index (χ4v) is 4.50. The molecule has 1 atom stereocenters. The molecule has 0 radical (unpaired) electrons. The molecule has 3 aromatic rings. The first-order chi connectivity index (χ1) is 13.7. The first kappa shape index (κ1) is 17.4. The Labute approximate surface area is 164 Å². The summed E-state index contributed by atoms with van der Waals surface area (Å²) in [5, 5.41) is 3.31. The maximum absolute atomic E-state index is 13.5. The Hall–Kier alpha value is -2.65. The maximum Gasteiger partial charge on any atom is 0.280 e. The van der Waals surface area contributed by atoms with Crippen LogP contribution >= 0.6 is 11.3 Å². The number of amides is 1. The van der Waals surface area contributed by atoms with Crippen molar-refractivity contribution >= 4 is 39.1 Å². The molecule has 2 aliphatic heterocycles. The lowest BCUT2D eigenvalue weighted by atomic mass is 10.1. The van der Waals surface area contributed by atoms with Crippen LogP contribution in [0.5, 0.6) is 0 Å². The lowest BCUT2D eigenvalue weighted by Gasteiger charge is -2.18. The minimum Gasteiger partial charge on any atom is -0.381 e. The minimum atomic E-state index is -0.242. The summed E-state index contributed by atoms with van der Waals surface area (Å²) in [5.41, 5.74) is 2.46. The topological polar surface area (TPSA) is 80.2 Å². The van der Waals surface area contributed by atoms with E-state index in [4.69, 9.17) is 4.74 Å². The number of thiazole rings is 1. The van der Waals surface area contributed by atoms with Crippen LogP contribution in [-0.2, 0) is 11.2 Å². The molecule has 0 aliphatic carbocycles. The molecule has 1 saturated heterocycles. The summed E-state index contributed by atoms with van der Waals surface area (Å²) in [5.74, 6) is 0.559. The molecular weight excluding hydrogens is 381 g/mol. The van der Waals surface area contributed by atoms with Gasteiger partial charge in [-0.1, -0.05) is 11.3 Å². The molecule has 0 spiro atoms. The molecule has 1 aromatic carbocycles. The highest BCUT2D eigenvalue weighted by Crippen LogP contribution is 2.37. The van der Waals surface area contributed by atoms with Gasteiger partial charge in [-0.15, -0.1) is 0 Å². The van der Waals surface area contributed by atoms with Gasteiger partial charge in [-0.05, 0) is 36.6 Å². The molecule has 1 unspecified atom stereocenters. The van der Waals surface area contributed by atoms with E-state index in [0.29, 0.717) is 46.8 Å². The first-order valence-electron chi connectivity index (χ1n) is 9.22. The van der Waals surface area contributed by atoms with E-state index in [9.17, 15) is 9.18 Å². The Morgan fingerprint density at radius 3 is 3.18 bits per heavy atom. The molecule has 28 heavy (non-hydrogen) atoms. The number of carbonyl (C=O) groups is 1. The van der Waals surface area contributed by atoms with Gasteiger partial charge in [0.2, 0.25) is 0 Å². The van der Waals surface area contributed by atoms with Crippen molar-refractivity contribution in [3.63, 3.8) is 0 Å². The fourth-order valence-electron chi connectivity index (χ4n) is 3.68. The van der Waals surface area contributed by atoms with Crippen LogP contribution in [0.1, 0.15) is 21.8 Å². The van der Waals surface area contributed by atoms with Crippen LogP contribution in [-0.4, -0.2) is 47.2 Å². The van der Waals surface area contributed by atoms with Crippen LogP contribution in [0.25, 0.3) is 10.3 Å². The number of nitrogens with zero attached hydrogens (tertiary/aromatic N) is 4. The van der Waals surface area contributed by atoms with Crippen molar-refractivity contribution in [2.45, 2.75) is 12.8 Å². The van der Waals surface area contributed by atoms with E-state index < -0.39 is 0 Å². The van der Waals surface area contributed by atoms with Crippen LogP contribution in [0.15, 0.2) is 24.5 Å². The number of anilines is 2. The first-order valence-corrected chi connectivity index (χ1v) is 10.0. The number of rotatable bonds is 4. The van der Waals surface area contributed by atoms with E-state index >= 15 is 0 Å². The third-order valence-corrected chi connectivity index (χ3v) is 6.10. The second-order valence-electron chi connectivity index (χ2n) is 6.98. The summed E-state index contributed by atoms with van der Waals surface area (Å²) in [7, 11) is 0. The van der Waals surface area contributed by atoms with Crippen molar-refractivity contribution in [2.24, 2.45) is 5.92 Å². The molecule has 2 aromatic heterocycles. The van der Waals surface area contributed by atoms with E-state index in [1.807, 2.05) is 4.90 Å². The molecule has 7 nitrogen and oxygen atoms in total. The van der Waals surface area contributed by atoms with E-state index in [1.54, 1.807) is 12.1 Å². The summed E-state index contributed by atoms with van der Waals surface area (Å²) >= 11 is 1.25. The number of halogens is 1. The number of hydrogen-bond donors (Lipinski definition) is 1. The summed E-state index contributed by atoms with van der Waals surface area (Å²) < 4.78 is 18.9. The van der Waals surface area contributed by atoms with Gasteiger partial charge in [0.05, 0.1) is 6.61 Å². The number of aromatic nitrogens is 3. The third kappa shape index (κ3) is 3.10. The highest BCUT2D eigenvalue weighted by Gasteiger charge is 2.26. The average Bonchev–Trinajstić information content (AvgIpc) is 3.44. The van der Waals surface area contributed by atoms with Crippen LogP contribution in [0.4, 0.5) is 15.9 Å². The maximum atomic E-state index is 13.5. The summed E-state index contributed by atoms with van der Waals surface area (Å²) in [6.07, 6.45) is 3.18. The van der Waals surface area contributed by atoms with Crippen molar-refractivity contribution in [2.75, 3.05) is 31.2 Å². The number of nitrogens with one attached hydrogen (secondary N) is 1. The molecule has 9 heteroatoms. The highest BCUT2D eigenvalue weighted by molar-refractivity contribution is 7.19. The van der Waals surface area contributed by atoms with Gasteiger partial charge in [-0.3, -0.25) is 4.79 Å². The van der Waals surface area contributed by atoms with Crippen LogP contribution in [0.2, 0.25) is 0 Å². The monoisotopic (exact) mass is 399 g/mol. The number of carbonyl (C=O) groups excluding carboxylic acids is 1. The summed E-state index contributed by atoms with van der Waals surface area (Å²) in [6.45, 7) is 2.70. The average molecular weight is 399 g/mol. The Kier molecular flexibility index (Phi) is 4.40.